The highest BCUT2D eigenvalue weighted by molar-refractivity contribution is 5.54. The quantitative estimate of drug-likeness (QED) is 0.565. The van der Waals surface area contributed by atoms with Crippen LogP contribution in [0, 0.1) is 16.0 Å². The lowest BCUT2D eigenvalue weighted by Gasteiger charge is -2.09. The Bertz CT molecular complexity index is 401. The molecule has 16 heavy (non-hydrogen) atoms. The Morgan fingerprint density at radius 3 is 2.81 bits per heavy atom. The van der Waals surface area contributed by atoms with Crippen LogP contribution in [0.4, 0.5) is 5.69 Å². The number of allylic oxidation sites excluding steroid dienone is 1. The molecule has 0 bridgehead atoms. The van der Waals surface area contributed by atoms with Crippen molar-refractivity contribution in [2.75, 3.05) is 6.61 Å². The standard InChI is InChI=1S/C12H14NO3/c1-4-9(3)11-8-10(16-5-2)6-7-12(11)13(14)15/h4,6-8H,1,5H2,2-3H3. The van der Waals surface area contributed by atoms with E-state index in [9.17, 15) is 10.1 Å². The number of hydrogen-bond acceptors (Lipinski definition) is 3. The van der Waals surface area contributed by atoms with E-state index in [0.29, 0.717) is 17.9 Å². The molecule has 0 aliphatic carbocycles. The fourth-order valence-corrected chi connectivity index (χ4v) is 1.36. The van der Waals surface area contributed by atoms with Crippen LogP contribution in [0.2, 0.25) is 0 Å². The second kappa shape index (κ2) is 5.30. The molecule has 0 spiro atoms. The molecule has 0 aliphatic heterocycles. The highest BCUT2D eigenvalue weighted by Crippen LogP contribution is 2.30. The molecule has 0 atom stereocenters. The molecule has 0 fully saturated rings. The largest absolute Gasteiger partial charge is 0.494 e. The van der Waals surface area contributed by atoms with E-state index in [2.05, 4.69) is 6.58 Å². The highest BCUT2D eigenvalue weighted by atomic mass is 16.6. The van der Waals surface area contributed by atoms with Crippen molar-refractivity contribution in [2.24, 2.45) is 0 Å². The van der Waals surface area contributed by atoms with E-state index >= 15 is 0 Å². The summed E-state index contributed by atoms with van der Waals surface area (Å²) in [5.41, 5.74) is 0.617. The molecule has 1 aromatic carbocycles. The zero-order valence-electron chi connectivity index (χ0n) is 9.40. The summed E-state index contributed by atoms with van der Waals surface area (Å²) < 4.78 is 5.31. The molecule has 85 valence electrons. The van der Waals surface area contributed by atoms with Gasteiger partial charge in [-0.05, 0) is 19.1 Å². The summed E-state index contributed by atoms with van der Waals surface area (Å²) >= 11 is 0. The summed E-state index contributed by atoms with van der Waals surface area (Å²) in [6, 6.07) is 4.72. The minimum atomic E-state index is -0.405. The zero-order valence-corrected chi connectivity index (χ0v) is 9.40. The Morgan fingerprint density at radius 1 is 1.62 bits per heavy atom. The highest BCUT2D eigenvalue weighted by Gasteiger charge is 2.18. The van der Waals surface area contributed by atoms with Gasteiger partial charge in [0.25, 0.3) is 5.69 Å². The van der Waals surface area contributed by atoms with Gasteiger partial charge in [0.05, 0.1) is 11.5 Å². The first-order valence-electron chi connectivity index (χ1n) is 4.97. The van der Waals surface area contributed by atoms with Gasteiger partial charge in [-0.3, -0.25) is 10.1 Å². The molecule has 1 aromatic rings. The van der Waals surface area contributed by atoms with Gasteiger partial charge < -0.3 is 4.74 Å². The molecule has 0 N–H and O–H groups in total. The molecule has 1 radical (unpaired) electrons. The minimum absolute atomic E-state index is 0.0702. The summed E-state index contributed by atoms with van der Waals surface area (Å²) in [6.45, 7) is 7.79. The van der Waals surface area contributed by atoms with Crippen LogP contribution in [0.1, 0.15) is 19.4 Å². The smallest absolute Gasteiger partial charge is 0.273 e. The number of rotatable bonds is 5. The lowest BCUT2D eigenvalue weighted by atomic mass is 9.99. The van der Waals surface area contributed by atoms with Crippen LogP contribution in [-0.4, -0.2) is 11.5 Å². The predicted octanol–water partition coefficient (Wildman–Crippen LogP) is 3.12. The zero-order chi connectivity index (χ0) is 12.1. The summed E-state index contributed by atoms with van der Waals surface area (Å²) in [5.74, 6) is 1.39. The third-order valence-electron chi connectivity index (χ3n) is 2.21. The van der Waals surface area contributed by atoms with Crippen LogP contribution in [0.5, 0.6) is 5.75 Å². The number of ether oxygens (including phenoxy) is 1. The minimum Gasteiger partial charge on any atom is -0.494 e. The van der Waals surface area contributed by atoms with Crippen LogP contribution >= 0.6 is 0 Å². The Morgan fingerprint density at radius 2 is 2.31 bits per heavy atom. The van der Waals surface area contributed by atoms with Gasteiger partial charge in [0.2, 0.25) is 0 Å². The van der Waals surface area contributed by atoms with Crippen LogP contribution in [-0.2, 0) is 0 Å². The predicted molar refractivity (Wildman–Crippen MR) is 62.5 cm³/mol. The molecule has 4 nitrogen and oxygen atoms in total. The van der Waals surface area contributed by atoms with Crippen LogP contribution in [0.3, 0.4) is 0 Å². The maximum atomic E-state index is 10.8. The number of nitro groups is 1. The van der Waals surface area contributed by atoms with Crippen molar-refractivity contribution in [3.05, 3.63) is 52.4 Å². The normalized spacial score (nSPS) is 10.2. The van der Waals surface area contributed by atoms with Gasteiger partial charge in [-0.2, -0.15) is 0 Å². The number of hydrogen-bond donors (Lipinski definition) is 0. The van der Waals surface area contributed by atoms with Crippen LogP contribution in [0.15, 0.2) is 30.9 Å². The molecule has 0 aromatic heterocycles. The molecule has 4 heteroatoms. The Balaban J connectivity index is 3.20. The van der Waals surface area contributed by atoms with Crippen molar-refractivity contribution in [1.82, 2.24) is 0 Å². The summed E-state index contributed by atoms with van der Waals surface area (Å²) in [5, 5.41) is 10.8. The maximum absolute atomic E-state index is 10.8. The van der Waals surface area contributed by atoms with Gasteiger partial charge in [-0.25, -0.2) is 0 Å². The van der Waals surface area contributed by atoms with E-state index in [4.69, 9.17) is 4.74 Å². The monoisotopic (exact) mass is 220 g/mol. The summed E-state index contributed by atoms with van der Waals surface area (Å²) in [7, 11) is 0. The van der Waals surface area contributed by atoms with Crippen molar-refractivity contribution < 1.29 is 9.66 Å². The molecule has 0 unspecified atom stereocenters. The van der Waals surface area contributed by atoms with E-state index in [1.54, 1.807) is 25.1 Å². The number of nitro benzene ring substituents is 1. The Labute approximate surface area is 94.7 Å². The van der Waals surface area contributed by atoms with Crippen molar-refractivity contribution in [2.45, 2.75) is 13.8 Å². The number of benzene rings is 1. The van der Waals surface area contributed by atoms with Crippen molar-refractivity contribution in [1.29, 1.82) is 0 Å². The summed E-state index contributed by atoms with van der Waals surface area (Å²) in [4.78, 5) is 10.4. The lowest BCUT2D eigenvalue weighted by Crippen LogP contribution is -2.00. The molecular formula is C12H14NO3. The van der Waals surface area contributed by atoms with Crippen molar-refractivity contribution >= 4 is 5.69 Å². The average Bonchev–Trinajstić information content (AvgIpc) is 2.28. The van der Waals surface area contributed by atoms with E-state index in [-0.39, 0.29) is 5.69 Å². The van der Waals surface area contributed by atoms with Gasteiger partial charge in [0.15, 0.2) is 0 Å². The van der Waals surface area contributed by atoms with Crippen molar-refractivity contribution in [3.8, 4) is 5.75 Å². The lowest BCUT2D eigenvalue weighted by molar-refractivity contribution is -0.385. The Kier molecular flexibility index (Phi) is 4.05. The van der Waals surface area contributed by atoms with Crippen molar-refractivity contribution in [3.63, 3.8) is 0 Å². The average molecular weight is 220 g/mol. The fraction of sp³-hybridized carbons (Fsp3) is 0.250. The molecule has 0 heterocycles. The Hall–Kier alpha value is -1.84. The third-order valence-corrected chi connectivity index (χ3v) is 2.21. The maximum Gasteiger partial charge on any atom is 0.273 e. The second-order valence-electron chi connectivity index (χ2n) is 3.26. The molecule has 1 rings (SSSR count). The summed E-state index contributed by atoms with van der Waals surface area (Å²) in [6.07, 6.45) is 1.60. The second-order valence-corrected chi connectivity index (χ2v) is 3.26. The SMILES string of the molecule is C=C[C](C)c1cc(OCC)ccc1[N+](=O)[O-]. The fourth-order valence-electron chi connectivity index (χ4n) is 1.36. The third kappa shape index (κ3) is 2.59. The van der Waals surface area contributed by atoms with Gasteiger partial charge in [0, 0.05) is 17.5 Å². The van der Waals surface area contributed by atoms with Gasteiger partial charge >= 0.3 is 0 Å². The van der Waals surface area contributed by atoms with E-state index in [1.807, 2.05) is 6.92 Å². The van der Waals surface area contributed by atoms with Gasteiger partial charge in [-0.1, -0.05) is 13.0 Å². The topological polar surface area (TPSA) is 52.4 Å². The van der Waals surface area contributed by atoms with E-state index in [1.165, 1.54) is 6.07 Å². The van der Waals surface area contributed by atoms with Gasteiger partial charge in [0.1, 0.15) is 5.75 Å². The van der Waals surface area contributed by atoms with Crippen LogP contribution in [0.25, 0.3) is 0 Å². The molecular weight excluding hydrogens is 206 g/mol. The first-order valence-corrected chi connectivity index (χ1v) is 4.97. The molecule has 0 aliphatic rings. The number of nitrogens with zero attached hydrogens (tertiary/aromatic N) is 1. The van der Waals surface area contributed by atoms with E-state index in [0.717, 1.165) is 5.92 Å². The first-order chi connectivity index (χ1) is 7.60. The first kappa shape index (κ1) is 12.2. The molecule has 0 saturated heterocycles. The van der Waals surface area contributed by atoms with Crippen LogP contribution < -0.4 is 4.74 Å². The van der Waals surface area contributed by atoms with E-state index < -0.39 is 4.92 Å². The van der Waals surface area contributed by atoms with Gasteiger partial charge in [-0.15, -0.1) is 6.58 Å². The molecule has 0 amide bonds. The molecule has 0 saturated carbocycles.